The van der Waals surface area contributed by atoms with E-state index < -0.39 is 0 Å². The van der Waals surface area contributed by atoms with Crippen LogP contribution in [0.3, 0.4) is 0 Å². The molecule has 3 amide bonds. The van der Waals surface area contributed by atoms with E-state index >= 15 is 0 Å². The van der Waals surface area contributed by atoms with E-state index in [-0.39, 0.29) is 18.0 Å². The second-order valence-corrected chi connectivity index (χ2v) is 3.28. The number of carbonyl (C=O) groups is 2. The second kappa shape index (κ2) is 3.13. The lowest BCUT2D eigenvalue weighted by molar-refractivity contribution is -0.136. The number of β-lactam (4-membered cyclic amide) rings is 1. The topological polar surface area (TPSA) is 40.6 Å². The molecule has 0 spiro atoms. The summed E-state index contributed by atoms with van der Waals surface area (Å²) >= 11 is 0. The van der Waals surface area contributed by atoms with Crippen LogP contribution in [0.15, 0.2) is 0 Å². The summed E-state index contributed by atoms with van der Waals surface area (Å²) in [4.78, 5) is 25.1. The molecule has 1 rings (SSSR count). The Hall–Kier alpha value is -1.06. The van der Waals surface area contributed by atoms with Gasteiger partial charge in [0.15, 0.2) is 0 Å². The lowest BCUT2D eigenvalue weighted by atomic mass is 10.2. The Balaban J connectivity index is 2.52. The summed E-state index contributed by atoms with van der Waals surface area (Å²) in [5, 5.41) is 0. The molecular weight excluding hydrogens is 156 g/mol. The molecule has 1 fully saturated rings. The lowest BCUT2D eigenvalue weighted by Crippen LogP contribution is -2.53. The van der Waals surface area contributed by atoms with Crippen LogP contribution >= 0.6 is 0 Å². The Morgan fingerprint density at radius 1 is 1.58 bits per heavy atom. The van der Waals surface area contributed by atoms with Gasteiger partial charge in [0.25, 0.3) is 0 Å². The van der Waals surface area contributed by atoms with E-state index in [1.54, 1.807) is 11.9 Å². The van der Waals surface area contributed by atoms with Crippen LogP contribution in [-0.2, 0) is 4.79 Å². The first kappa shape index (κ1) is 9.03. The number of carbonyl (C=O) groups excluding carboxylic acids is 2. The third kappa shape index (κ3) is 1.42. The maximum Gasteiger partial charge on any atom is 0.326 e. The number of rotatable bonds is 1. The van der Waals surface area contributed by atoms with Crippen LogP contribution in [0.2, 0.25) is 0 Å². The SMILES string of the molecule is CC(C)N(C)C(=O)N1CCC1=O. The molecule has 1 saturated heterocycles. The fraction of sp³-hybridized carbons (Fsp3) is 0.750. The number of hydrogen-bond donors (Lipinski definition) is 0. The number of imide groups is 1. The number of amides is 3. The van der Waals surface area contributed by atoms with Crippen molar-refractivity contribution in [2.24, 2.45) is 0 Å². The minimum atomic E-state index is -0.179. The Labute approximate surface area is 72.1 Å². The molecule has 0 unspecified atom stereocenters. The molecule has 0 aliphatic carbocycles. The van der Waals surface area contributed by atoms with Gasteiger partial charge in [-0.1, -0.05) is 0 Å². The highest BCUT2D eigenvalue weighted by Gasteiger charge is 2.32. The normalized spacial score (nSPS) is 16.3. The lowest BCUT2D eigenvalue weighted by Gasteiger charge is -2.34. The van der Waals surface area contributed by atoms with Crippen molar-refractivity contribution in [1.29, 1.82) is 0 Å². The molecule has 1 aliphatic heterocycles. The van der Waals surface area contributed by atoms with Crippen molar-refractivity contribution in [2.45, 2.75) is 26.3 Å². The number of hydrogen-bond acceptors (Lipinski definition) is 2. The highest BCUT2D eigenvalue weighted by molar-refractivity contribution is 5.98. The zero-order chi connectivity index (χ0) is 9.30. The molecule has 0 aromatic rings. The van der Waals surface area contributed by atoms with Gasteiger partial charge in [-0.3, -0.25) is 9.69 Å². The highest BCUT2D eigenvalue weighted by Crippen LogP contribution is 2.12. The molecule has 68 valence electrons. The van der Waals surface area contributed by atoms with Gasteiger partial charge in [-0.2, -0.15) is 0 Å². The van der Waals surface area contributed by atoms with Crippen molar-refractivity contribution < 1.29 is 9.59 Å². The Morgan fingerprint density at radius 3 is 2.42 bits per heavy atom. The Morgan fingerprint density at radius 2 is 2.17 bits per heavy atom. The summed E-state index contributed by atoms with van der Waals surface area (Å²) in [6, 6.07) is -0.0350. The van der Waals surface area contributed by atoms with Gasteiger partial charge in [-0.15, -0.1) is 0 Å². The molecule has 4 heteroatoms. The summed E-state index contributed by atoms with van der Waals surface area (Å²) < 4.78 is 0. The molecule has 0 atom stereocenters. The van der Waals surface area contributed by atoms with Gasteiger partial charge in [-0.05, 0) is 13.8 Å². The van der Waals surface area contributed by atoms with Gasteiger partial charge in [0, 0.05) is 26.1 Å². The molecule has 0 saturated carbocycles. The third-order valence-electron chi connectivity index (χ3n) is 2.16. The Kier molecular flexibility index (Phi) is 2.35. The molecule has 0 radical (unpaired) electrons. The number of likely N-dealkylation sites (tertiary alicyclic amines) is 1. The summed E-state index contributed by atoms with van der Waals surface area (Å²) in [6.07, 6.45) is 0.512. The smallest absolute Gasteiger partial charge is 0.325 e. The molecule has 1 aliphatic rings. The molecule has 1 heterocycles. The van der Waals surface area contributed by atoms with Crippen molar-refractivity contribution in [1.82, 2.24) is 9.80 Å². The molecule has 0 aromatic carbocycles. The van der Waals surface area contributed by atoms with Gasteiger partial charge < -0.3 is 4.90 Å². The maximum atomic E-state index is 11.4. The van der Waals surface area contributed by atoms with Crippen LogP contribution in [0.4, 0.5) is 4.79 Å². The summed E-state index contributed by atoms with van der Waals surface area (Å²) in [6.45, 7) is 4.42. The zero-order valence-corrected chi connectivity index (χ0v) is 7.70. The van der Waals surface area contributed by atoms with Crippen LogP contribution in [0.25, 0.3) is 0 Å². The van der Waals surface area contributed by atoms with E-state index in [0.717, 1.165) is 0 Å². The largest absolute Gasteiger partial charge is 0.326 e. The van der Waals surface area contributed by atoms with Crippen molar-refractivity contribution in [3.05, 3.63) is 0 Å². The average molecular weight is 170 g/mol. The summed E-state index contributed by atoms with van der Waals surface area (Å²) in [5.41, 5.74) is 0. The van der Waals surface area contributed by atoms with E-state index in [1.165, 1.54) is 4.90 Å². The number of urea groups is 1. The predicted octanol–water partition coefficient (Wildman–Crippen LogP) is 0.679. The van der Waals surface area contributed by atoms with Gasteiger partial charge in [0.1, 0.15) is 0 Å². The second-order valence-electron chi connectivity index (χ2n) is 3.28. The van der Waals surface area contributed by atoms with E-state index in [4.69, 9.17) is 0 Å². The minimum Gasteiger partial charge on any atom is -0.325 e. The molecule has 0 bridgehead atoms. The zero-order valence-electron chi connectivity index (χ0n) is 7.70. The first-order valence-electron chi connectivity index (χ1n) is 4.11. The van der Waals surface area contributed by atoms with Crippen LogP contribution in [-0.4, -0.2) is 41.4 Å². The molecular formula is C8H14N2O2. The van der Waals surface area contributed by atoms with Gasteiger partial charge in [0.05, 0.1) is 0 Å². The minimum absolute atomic E-state index is 0.0625. The summed E-state index contributed by atoms with van der Waals surface area (Å²) in [7, 11) is 1.71. The first-order valence-corrected chi connectivity index (χ1v) is 4.11. The van der Waals surface area contributed by atoms with Gasteiger partial charge in [0.2, 0.25) is 5.91 Å². The average Bonchev–Trinajstić information content (AvgIpc) is 2.00. The number of nitrogens with zero attached hydrogens (tertiary/aromatic N) is 2. The van der Waals surface area contributed by atoms with E-state index in [0.29, 0.717) is 13.0 Å². The standard InChI is InChI=1S/C8H14N2O2/c1-6(2)9(3)8(12)10-5-4-7(10)11/h6H,4-5H2,1-3H3. The predicted molar refractivity (Wildman–Crippen MR) is 44.6 cm³/mol. The third-order valence-corrected chi connectivity index (χ3v) is 2.16. The quantitative estimate of drug-likeness (QED) is 0.543. The fourth-order valence-electron chi connectivity index (χ4n) is 0.928. The maximum absolute atomic E-state index is 11.4. The van der Waals surface area contributed by atoms with E-state index in [9.17, 15) is 9.59 Å². The van der Waals surface area contributed by atoms with Gasteiger partial charge in [-0.25, -0.2) is 4.79 Å². The molecule has 0 N–H and O–H groups in total. The van der Waals surface area contributed by atoms with Crippen molar-refractivity contribution in [2.75, 3.05) is 13.6 Å². The van der Waals surface area contributed by atoms with E-state index in [1.807, 2.05) is 13.8 Å². The van der Waals surface area contributed by atoms with Crippen molar-refractivity contribution >= 4 is 11.9 Å². The monoisotopic (exact) mass is 170 g/mol. The first-order chi connectivity index (χ1) is 5.54. The van der Waals surface area contributed by atoms with Crippen LogP contribution < -0.4 is 0 Å². The van der Waals surface area contributed by atoms with Crippen molar-refractivity contribution in [3.63, 3.8) is 0 Å². The molecule has 4 nitrogen and oxygen atoms in total. The van der Waals surface area contributed by atoms with Crippen LogP contribution in [0.5, 0.6) is 0 Å². The van der Waals surface area contributed by atoms with E-state index in [2.05, 4.69) is 0 Å². The molecule has 0 aromatic heterocycles. The summed E-state index contributed by atoms with van der Waals surface area (Å²) in [5.74, 6) is -0.0625. The fourth-order valence-corrected chi connectivity index (χ4v) is 0.928. The van der Waals surface area contributed by atoms with Crippen molar-refractivity contribution in [3.8, 4) is 0 Å². The van der Waals surface area contributed by atoms with Crippen LogP contribution in [0.1, 0.15) is 20.3 Å². The highest BCUT2D eigenvalue weighted by atomic mass is 16.2. The van der Waals surface area contributed by atoms with Crippen LogP contribution in [0, 0.1) is 0 Å². The Bertz CT molecular complexity index is 213. The molecule has 12 heavy (non-hydrogen) atoms. The van der Waals surface area contributed by atoms with Gasteiger partial charge >= 0.3 is 6.03 Å².